The van der Waals surface area contributed by atoms with Crippen LogP contribution in [0.5, 0.6) is 0 Å². The molecule has 2 aromatic rings. The quantitative estimate of drug-likeness (QED) is 0.365. The number of nitrogen functional groups attached to an aromatic ring is 1. The zero-order valence-electron chi connectivity index (χ0n) is 12.1. The van der Waals surface area contributed by atoms with E-state index >= 15 is 0 Å². The molecule has 21 heavy (non-hydrogen) atoms. The molecular formula is C14H21N5O2. The predicted molar refractivity (Wildman–Crippen MR) is 83.1 cm³/mol. The van der Waals surface area contributed by atoms with E-state index in [0.717, 1.165) is 29.7 Å². The van der Waals surface area contributed by atoms with Gasteiger partial charge in [0.1, 0.15) is 5.82 Å². The number of methoxy groups -OCH3 is 1. The van der Waals surface area contributed by atoms with Crippen LogP contribution in [0.2, 0.25) is 0 Å². The fourth-order valence-corrected chi connectivity index (χ4v) is 1.90. The molecule has 2 rings (SSSR count). The number of ether oxygens (including phenoxy) is 2. The molecule has 0 amide bonds. The molecule has 7 nitrogen and oxygen atoms in total. The van der Waals surface area contributed by atoms with Gasteiger partial charge in [-0.3, -0.25) is 5.43 Å². The number of para-hydroxylation sites is 1. The largest absolute Gasteiger partial charge is 0.382 e. The van der Waals surface area contributed by atoms with Crippen LogP contribution >= 0.6 is 0 Å². The summed E-state index contributed by atoms with van der Waals surface area (Å²) >= 11 is 0. The summed E-state index contributed by atoms with van der Waals surface area (Å²) in [5, 5.41) is 4.26. The minimum atomic E-state index is 0.396. The molecule has 0 atom stereocenters. The first-order valence-corrected chi connectivity index (χ1v) is 6.89. The Hall–Kier alpha value is -1.96. The number of hydrazine groups is 1. The second kappa shape index (κ2) is 8.35. The maximum absolute atomic E-state index is 5.41. The highest BCUT2D eigenvalue weighted by Gasteiger charge is 2.05. The summed E-state index contributed by atoms with van der Waals surface area (Å²) in [6.45, 7) is 2.68. The van der Waals surface area contributed by atoms with Gasteiger partial charge in [0.15, 0.2) is 0 Å². The molecule has 0 radical (unpaired) electrons. The number of aromatic nitrogens is 2. The normalized spacial score (nSPS) is 10.8. The molecule has 1 aromatic carbocycles. The summed E-state index contributed by atoms with van der Waals surface area (Å²) in [5.41, 5.74) is 3.33. The van der Waals surface area contributed by atoms with Gasteiger partial charge in [0.2, 0.25) is 5.95 Å². The number of hydrogen-bond acceptors (Lipinski definition) is 7. The van der Waals surface area contributed by atoms with Crippen LogP contribution in [-0.4, -0.2) is 43.4 Å². The molecule has 4 N–H and O–H groups in total. The highest BCUT2D eigenvalue weighted by Crippen LogP contribution is 2.21. The van der Waals surface area contributed by atoms with Gasteiger partial charge in [0.25, 0.3) is 0 Å². The van der Waals surface area contributed by atoms with Gasteiger partial charge in [-0.25, -0.2) is 10.8 Å². The molecular weight excluding hydrogens is 270 g/mol. The van der Waals surface area contributed by atoms with E-state index < -0.39 is 0 Å². The lowest BCUT2D eigenvalue weighted by atomic mass is 10.2. The molecule has 1 heterocycles. The van der Waals surface area contributed by atoms with E-state index in [0.29, 0.717) is 25.8 Å². The first kappa shape index (κ1) is 15.4. The van der Waals surface area contributed by atoms with E-state index in [9.17, 15) is 0 Å². The number of anilines is 2. The van der Waals surface area contributed by atoms with E-state index in [4.69, 9.17) is 15.3 Å². The Bertz CT molecular complexity index is 564. The smallest absolute Gasteiger partial charge is 0.239 e. The monoisotopic (exact) mass is 291 g/mol. The Kier molecular flexibility index (Phi) is 6.14. The Morgan fingerprint density at radius 2 is 2.00 bits per heavy atom. The standard InChI is InChI=1S/C14H21N5O2/c1-20-9-10-21-8-4-7-16-13-11-5-2-3-6-12(11)17-14(18-13)19-15/h2-3,5-6H,4,7-10,15H2,1H3,(H2,16,17,18,19). The SMILES string of the molecule is COCCOCCCNc1nc(NN)nc2ccccc12. The number of nitrogens with two attached hydrogens (primary N) is 1. The molecule has 7 heteroatoms. The predicted octanol–water partition coefficient (Wildman–Crippen LogP) is 1.38. The van der Waals surface area contributed by atoms with Crippen molar-refractivity contribution in [2.75, 3.05) is 44.2 Å². The zero-order chi connectivity index (χ0) is 14.9. The molecule has 0 saturated carbocycles. The second-order valence-electron chi connectivity index (χ2n) is 4.44. The van der Waals surface area contributed by atoms with Gasteiger partial charge in [0.05, 0.1) is 18.7 Å². The first-order valence-electron chi connectivity index (χ1n) is 6.89. The lowest BCUT2D eigenvalue weighted by Crippen LogP contribution is -2.13. The summed E-state index contributed by atoms with van der Waals surface area (Å²) < 4.78 is 10.3. The van der Waals surface area contributed by atoms with E-state index in [1.807, 2.05) is 24.3 Å². The van der Waals surface area contributed by atoms with Crippen molar-refractivity contribution in [1.82, 2.24) is 9.97 Å². The van der Waals surface area contributed by atoms with Crippen molar-refractivity contribution in [3.8, 4) is 0 Å². The van der Waals surface area contributed by atoms with Gasteiger partial charge in [-0.15, -0.1) is 0 Å². The fourth-order valence-electron chi connectivity index (χ4n) is 1.90. The van der Waals surface area contributed by atoms with Gasteiger partial charge < -0.3 is 14.8 Å². The van der Waals surface area contributed by atoms with Crippen molar-refractivity contribution in [3.63, 3.8) is 0 Å². The summed E-state index contributed by atoms with van der Waals surface area (Å²) in [6, 6.07) is 7.80. The average molecular weight is 291 g/mol. The van der Waals surface area contributed by atoms with Crippen molar-refractivity contribution in [2.45, 2.75) is 6.42 Å². The third-order valence-corrected chi connectivity index (χ3v) is 2.92. The molecule has 0 spiro atoms. The Labute approximate surface area is 123 Å². The van der Waals surface area contributed by atoms with E-state index in [1.165, 1.54) is 0 Å². The fraction of sp³-hybridized carbons (Fsp3) is 0.429. The van der Waals surface area contributed by atoms with E-state index in [2.05, 4.69) is 20.7 Å². The van der Waals surface area contributed by atoms with Crippen LogP contribution in [-0.2, 0) is 9.47 Å². The molecule has 0 aliphatic rings. The van der Waals surface area contributed by atoms with E-state index in [-0.39, 0.29) is 0 Å². The molecule has 0 bridgehead atoms. The molecule has 114 valence electrons. The highest BCUT2D eigenvalue weighted by molar-refractivity contribution is 5.89. The Morgan fingerprint density at radius 1 is 1.14 bits per heavy atom. The van der Waals surface area contributed by atoms with Crippen molar-refractivity contribution in [2.24, 2.45) is 5.84 Å². The van der Waals surface area contributed by atoms with Crippen molar-refractivity contribution >= 4 is 22.7 Å². The van der Waals surface area contributed by atoms with Crippen LogP contribution in [0.15, 0.2) is 24.3 Å². The lowest BCUT2D eigenvalue weighted by molar-refractivity contribution is 0.0705. The first-order chi connectivity index (χ1) is 10.3. The number of benzene rings is 1. The number of hydrogen-bond donors (Lipinski definition) is 3. The van der Waals surface area contributed by atoms with Crippen LogP contribution in [0.4, 0.5) is 11.8 Å². The number of nitrogens with zero attached hydrogens (tertiary/aromatic N) is 2. The molecule has 1 aromatic heterocycles. The topological polar surface area (TPSA) is 94.3 Å². The van der Waals surface area contributed by atoms with Crippen molar-refractivity contribution < 1.29 is 9.47 Å². The van der Waals surface area contributed by atoms with Gasteiger partial charge in [-0.05, 0) is 18.6 Å². The minimum Gasteiger partial charge on any atom is -0.382 e. The Morgan fingerprint density at radius 3 is 2.81 bits per heavy atom. The molecule has 0 unspecified atom stereocenters. The van der Waals surface area contributed by atoms with Crippen molar-refractivity contribution in [3.05, 3.63) is 24.3 Å². The average Bonchev–Trinajstić information content (AvgIpc) is 2.53. The second-order valence-corrected chi connectivity index (χ2v) is 4.44. The maximum Gasteiger partial charge on any atom is 0.239 e. The summed E-state index contributed by atoms with van der Waals surface area (Å²) in [5.74, 6) is 6.56. The third-order valence-electron chi connectivity index (χ3n) is 2.92. The number of fused-ring (bicyclic) bond motifs is 1. The summed E-state index contributed by atoms with van der Waals surface area (Å²) in [7, 11) is 1.66. The van der Waals surface area contributed by atoms with Gasteiger partial charge >= 0.3 is 0 Å². The third kappa shape index (κ3) is 4.52. The molecule has 0 aliphatic carbocycles. The summed E-state index contributed by atoms with van der Waals surface area (Å²) in [4.78, 5) is 8.65. The van der Waals surface area contributed by atoms with Gasteiger partial charge in [-0.2, -0.15) is 4.98 Å². The zero-order valence-corrected chi connectivity index (χ0v) is 12.1. The summed E-state index contributed by atoms with van der Waals surface area (Å²) in [6.07, 6.45) is 0.882. The van der Waals surface area contributed by atoms with E-state index in [1.54, 1.807) is 7.11 Å². The van der Waals surface area contributed by atoms with Gasteiger partial charge in [-0.1, -0.05) is 12.1 Å². The Balaban J connectivity index is 1.91. The van der Waals surface area contributed by atoms with Crippen LogP contribution in [0, 0.1) is 0 Å². The maximum atomic E-state index is 5.41. The highest BCUT2D eigenvalue weighted by atomic mass is 16.5. The number of rotatable bonds is 9. The van der Waals surface area contributed by atoms with Crippen LogP contribution in [0.1, 0.15) is 6.42 Å². The molecule has 0 aliphatic heterocycles. The number of nitrogens with one attached hydrogen (secondary N) is 2. The van der Waals surface area contributed by atoms with Gasteiger partial charge in [0, 0.05) is 25.6 Å². The molecule has 0 saturated heterocycles. The van der Waals surface area contributed by atoms with Crippen LogP contribution < -0.4 is 16.6 Å². The minimum absolute atomic E-state index is 0.396. The molecule has 0 fully saturated rings. The lowest BCUT2D eigenvalue weighted by Gasteiger charge is -2.10. The van der Waals surface area contributed by atoms with Crippen molar-refractivity contribution in [1.29, 1.82) is 0 Å². The van der Waals surface area contributed by atoms with Crippen LogP contribution in [0.3, 0.4) is 0 Å². The van der Waals surface area contributed by atoms with Crippen LogP contribution in [0.25, 0.3) is 10.9 Å².